The second-order valence-corrected chi connectivity index (χ2v) is 6.45. The van der Waals surface area contributed by atoms with Gasteiger partial charge >= 0.3 is 5.97 Å². The van der Waals surface area contributed by atoms with Crippen molar-refractivity contribution < 1.29 is 14.3 Å². The number of hydrogen-bond acceptors (Lipinski definition) is 3. The van der Waals surface area contributed by atoms with Gasteiger partial charge in [0.15, 0.2) is 0 Å². The Balaban J connectivity index is 1.69. The lowest BCUT2D eigenvalue weighted by Gasteiger charge is -2.28. The highest BCUT2D eigenvalue weighted by Crippen LogP contribution is 2.47. The summed E-state index contributed by atoms with van der Waals surface area (Å²) in [6.45, 7) is 4.76. The molecule has 21 heavy (non-hydrogen) atoms. The van der Waals surface area contributed by atoms with Gasteiger partial charge in [-0.2, -0.15) is 0 Å². The van der Waals surface area contributed by atoms with Gasteiger partial charge in [0.05, 0.1) is 24.7 Å². The summed E-state index contributed by atoms with van der Waals surface area (Å²) in [6, 6.07) is 10.3. The Morgan fingerprint density at radius 1 is 1.29 bits per heavy atom. The molecule has 114 valence electrons. The summed E-state index contributed by atoms with van der Waals surface area (Å²) < 4.78 is 11.2. The number of fused-ring (bicyclic) bond motifs is 1. The first-order valence-electron chi connectivity index (χ1n) is 8.06. The van der Waals surface area contributed by atoms with E-state index in [4.69, 9.17) is 9.47 Å². The van der Waals surface area contributed by atoms with Gasteiger partial charge in [-0.1, -0.05) is 50.6 Å². The summed E-state index contributed by atoms with van der Waals surface area (Å²) in [5.41, 5.74) is 1.23. The third-order valence-electron chi connectivity index (χ3n) is 4.88. The zero-order valence-corrected chi connectivity index (χ0v) is 12.8. The second-order valence-electron chi connectivity index (χ2n) is 6.45. The van der Waals surface area contributed by atoms with Crippen molar-refractivity contribution in [2.75, 3.05) is 6.61 Å². The summed E-state index contributed by atoms with van der Waals surface area (Å²) in [5.74, 6) is 0.565. The second kappa shape index (κ2) is 6.18. The third-order valence-corrected chi connectivity index (χ3v) is 4.88. The van der Waals surface area contributed by atoms with Gasteiger partial charge < -0.3 is 9.47 Å². The molecule has 0 spiro atoms. The van der Waals surface area contributed by atoms with Crippen LogP contribution < -0.4 is 0 Å². The number of carbonyl (C=O) groups excluding carboxylic acids is 1. The normalized spacial score (nSPS) is 32.1. The molecule has 1 aliphatic heterocycles. The Bertz CT molecular complexity index is 484. The van der Waals surface area contributed by atoms with Crippen molar-refractivity contribution in [2.45, 2.75) is 51.2 Å². The number of epoxide rings is 1. The topological polar surface area (TPSA) is 38.8 Å². The summed E-state index contributed by atoms with van der Waals surface area (Å²) in [5, 5.41) is 0. The van der Waals surface area contributed by atoms with Crippen molar-refractivity contribution in [1.82, 2.24) is 0 Å². The number of rotatable bonds is 5. The van der Waals surface area contributed by atoms with Crippen molar-refractivity contribution in [3.05, 3.63) is 35.9 Å². The van der Waals surface area contributed by atoms with Crippen LogP contribution in [0, 0.1) is 11.8 Å². The third kappa shape index (κ3) is 3.29. The van der Waals surface area contributed by atoms with Crippen LogP contribution in [0.15, 0.2) is 30.3 Å². The van der Waals surface area contributed by atoms with E-state index in [0.717, 1.165) is 19.3 Å². The standard InChI is InChI=1S/C18H24O3/c1-3-12(2)11-20-18(19)15-10-17-16(21-17)9-14(15)13-7-5-4-6-8-13/h4-8,12,14-17H,3,9-11H2,1-2H3. The van der Waals surface area contributed by atoms with Crippen molar-refractivity contribution in [1.29, 1.82) is 0 Å². The number of benzene rings is 1. The monoisotopic (exact) mass is 288 g/mol. The smallest absolute Gasteiger partial charge is 0.309 e. The van der Waals surface area contributed by atoms with Crippen molar-refractivity contribution >= 4 is 5.97 Å². The molecule has 0 bridgehead atoms. The summed E-state index contributed by atoms with van der Waals surface area (Å²) >= 11 is 0. The highest BCUT2D eigenvalue weighted by atomic mass is 16.6. The molecule has 3 heteroatoms. The first-order valence-corrected chi connectivity index (χ1v) is 8.06. The highest BCUT2D eigenvalue weighted by molar-refractivity contribution is 5.74. The fourth-order valence-corrected chi connectivity index (χ4v) is 3.20. The van der Waals surface area contributed by atoms with Crippen LogP contribution >= 0.6 is 0 Å². The lowest BCUT2D eigenvalue weighted by Crippen LogP contribution is -2.31. The largest absolute Gasteiger partial charge is 0.465 e. The van der Waals surface area contributed by atoms with Gasteiger partial charge in [-0.3, -0.25) is 4.79 Å². The van der Waals surface area contributed by atoms with E-state index in [1.54, 1.807) is 0 Å². The van der Waals surface area contributed by atoms with Gasteiger partial charge in [0.1, 0.15) is 0 Å². The Labute approximate surface area is 126 Å². The van der Waals surface area contributed by atoms with Crippen LogP contribution in [0.2, 0.25) is 0 Å². The van der Waals surface area contributed by atoms with E-state index in [-0.39, 0.29) is 23.9 Å². The Morgan fingerprint density at radius 2 is 2.00 bits per heavy atom. The van der Waals surface area contributed by atoms with Gasteiger partial charge in [-0.05, 0) is 30.2 Å². The fraction of sp³-hybridized carbons (Fsp3) is 0.611. The van der Waals surface area contributed by atoms with E-state index in [1.807, 2.05) is 18.2 Å². The molecule has 1 saturated carbocycles. The van der Waals surface area contributed by atoms with Crippen molar-refractivity contribution in [2.24, 2.45) is 11.8 Å². The molecular weight excluding hydrogens is 264 g/mol. The maximum Gasteiger partial charge on any atom is 0.309 e. The van der Waals surface area contributed by atoms with E-state index < -0.39 is 0 Å². The van der Waals surface area contributed by atoms with Crippen LogP contribution in [-0.4, -0.2) is 24.8 Å². The van der Waals surface area contributed by atoms with Crippen LogP contribution in [0.3, 0.4) is 0 Å². The zero-order valence-electron chi connectivity index (χ0n) is 12.8. The molecule has 2 aliphatic rings. The molecule has 1 aliphatic carbocycles. The molecule has 1 aromatic rings. The molecule has 5 atom stereocenters. The minimum atomic E-state index is -0.0554. The number of carbonyl (C=O) groups is 1. The number of ether oxygens (including phenoxy) is 2. The Hall–Kier alpha value is -1.35. The van der Waals surface area contributed by atoms with Gasteiger partial charge in [-0.25, -0.2) is 0 Å². The van der Waals surface area contributed by atoms with Gasteiger partial charge in [0.2, 0.25) is 0 Å². The van der Waals surface area contributed by atoms with Crippen molar-refractivity contribution in [3.63, 3.8) is 0 Å². The molecule has 0 radical (unpaired) electrons. The average Bonchev–Trinajstić information content (AvgIpc) is 3.30. The first-order chi connectivity index (χ1) is 10.2. The predicted molar refractivity (Wildman–Crippen MR) is 81.0 cm³/mol. The molecule has 5 unspecified atom stereocenters. The van der Waals surface area contributed by atoms with Crippen LogP contribution in [0.25, 0.3) is 0 Å². The minimum Gasteiger partial charge on any atom is -0.465 e. The molecule has 0 N–H and O–H groups in total. The van der Waals surface area contributed by atoms with Crippen LogP contribution in [0.5, 0.6) is 0 Å². The molecule has 3 rings (SSSR count). The Morgan fingerprint density at radius 3 is 2.71 bits per heavy atom. The fourth-order valence-electron chi connectivity index (χ4n) is 3.20. The summed E-state index contributed by atoms with van der Waals surface area (Å²) in [4.78, 5) is 12.5. The lowest BCUT2D eigenvalue weighted by molar-refractivity contribution is -0.151. The quantitative estimate of drug-likeness (QED) is 0.614. The van der Waals surface area contributed by atoms with Gasteiger partial charge in [0.25, 0.3) is 0 Å². The molecule has 1 saturated heterocycles. The van der Waals surface area contributed by atoms with E-state index in [2.05, 4.69) is 26.0 Å². The van der Waals surface area contributed by atoms with Crippen molar-refractivity contribution in [3.8, 4) is 0 Å². The predicted octanol–water partition coefficient (Wildman–Crippen LogP) is 3.54. The van der Waals surface area contributed by atoms with Crippen LogP contribution in [0.4, 0.5) is 0 Å². The molecule has 0 amide bonds. The maximum atomic E-state index is 12.5. The number of esters is 1. The first kappa shape index (κ1) is 14.6. The zero-order chi connectivity index (χ0) is 14.8. The SMILES string of the molecule is CCC(C)COC(=O)C1CC2OC2CC1c1ccccc1. The van der Waals surface area contributed by atoms with E-state index in [1.165, 1.54) is 5.56 Å². The molecule has 1 heterocycles. The van der Waals surface area contributed by atoms with Gasteiger partial charge in [-0.15, -0.1) is 0 Å². The average molecular weight is 288 g/mol. The van der Waals surface area contributed by atoms with Crippen LogP contribution in [0.1, 0.15) is 44.6 Å². The molecule has 3 nitrogen and oxygen atoms in total. The maximum absolute atomic E-state index is 12.5. The summed E-state index contributed by atoms with van der Waals surface area (Å²) in [7, 11) is 0. The lowest BCUT2D eigenvalue weighted by atomic mass is 9.75. The Kier molecular flexibility index (Phi) is 4.29. The molecular formula is C18H24O3. The van der Waals surface area contributed by atoms with E-state index >= 15 is 0 Å². The van der Waals surface area contributed by atoms with E-state index in [0.29, 0.717) is 18.6 Å². The number of hydrogen-bond donors (Lipinski definition) is 0. The molecule has 0 aromatic heterocycles. The minimum absolute atomic E-state index is 0.0434. The van der Waals surface area contributed by atoms with E-state index in [9.17, 15) is 4.79 Å². The highest BCUT2D eigenvalue weighted by Gasteiger charge is 2.51. The van der Waals surface area contributed by atoms with Gasteiger partial charge in [0, 0.05) is 0 Å². The molecule has 1 aromatic carbocycles. The van der Waals surface area contributed by atoms with Crippen LogP contribution in [-0.2, 0) is 14.3 Å². The summed E-state index contributed by atoms with van der Waals surface area (Å²) in [6.07, 6.45) is 3.43. The molecule has 2 fully saturated rings.